The summed E-state index contributed by atoms with van der Waals surface area (Å²) in [6.45, 7) is 4.70. The minimum atomic E-state index is -0.269. The summed E-state index contributed by atoms with van der Waals surface area (Å²) in [5.41, 5.74) is 6.86. The summed E-state index contributed by atoms with van der Waals surface area (Å²) < 4.78 is 0. The van der Waals surface area contributed by atoms with Crippen molar-refractivity contribution in [1.29, 1.82) is 0 Å². The van der Waals surface area contributed by atoms with E-state index in [-0.39, 0.29) is 17.5 Å². The maximum absolute atomic E-state index is 12.6. The molecule has 1 aromatic carbocycles. The van der Waals surface area contributed by atoms with Crippen LogP contribution in [0.1, 0.15) is 30.6 Å². The van der Waals surface area contributed by atoms with E-state index >= 15 is 0 Å². The molecule has 0 radical (unpaired) electrons. The van der Waals surface area contributed by atoms with E-state index in [4.69, 9.17) is 5.73 Å². The van der Waals surface area contributed by atoms with Gasteiger partial charge in [0.25, 0.3) is 5.91 Å². The molecule has 0 bridgehead atoms. The minimum Gasteiger partial charge on any atom is -0.342 e. The lowest BCUT2D eigenvalue weighted by Gasteiger charge is -2.22. The van der Waals surface area contributed by atoms with Crippen LogP contribution in [0.2, 0.25) is 0 Å². The number of aromatic nitrogens is 1. The number of H-pyrrole nitrogens is 1. The molecule has 2 aromatic rings. The van der Waals surface area contributed by atoms with Gasteiger partial charge in [0.15, 0.2) is 0 Å². The molecule has 0 fully saturated rings. The second-order valence-corrected chi connectivity index (χ2v) is 6.02. The number of rotatable bonds is 5. The van der Waals surface area contributed by atoms with E-state index in [9.17, 15) is 9.59 Å². The SMILES string of the molecule is CC(C)C(N)CCN(C)C(=O)c1cc(=O)[nH]c2ccccc12. The second kappa shape index (κ2) is 6.75. The van der Waals surface area contributed by atoms with Crippen LogP contribution in [0.3, 0.4) is 0 Å². The zero-order valence-electron chi connectivity index (χ0n) is 13.3. The Morgan fingerprint density at radius 2 is 2.00 bits per heavy atom. The average molecular weight is 301 g/mol. The number of hydrogen-bond donors (Lipinski definition) is 2. The van der Waals surface area contributed by atoms with Gasteiger partial charge in [-0.05, 0) is 18.4 Å². The highest BCUT2D eigenvalue weighted by Crippen LogP contribution is 2.16. The summed E-state index contributed by atoms with van der Waals surface area (Å²) in [4.78, 5) is 28.7. The number of para-hydroxylation sites is 1. The Kier molecular flexibility index (Phi) is 4.98. The Labute approximate surface area is 130 Å². The summed E-state index contributed by atoms with van der Waals surface area (Å²) in [5, 5.41) is 0.757. The monoisotopic (exact) mass is 301 g/mol. The first-order valence-electron chi connectivity index (χ1n) is 7.53. The van der Waals surface area contributed by atoms with Gasteiger partial charge in [-0.3, -0.25) is 9.59 Å². The Morgan fingerprint density at radius 3 is 2.68 bits per heavy atom. The molecule has 0 aliphatic rings. The number of carbonyl (C=O) groups excluding carboxylic acids is 1. The molecule has 5 heteroatoms. The molecular formula is C17H23N3O2. The summed E-state index contributed by atoms with van der Waals surface area (Å²) in [7, 11) is 1.74. The number of fused-ring (bicyclic) bond motifs is 1. The number of carbonyl (C=O) groups is 1. The first kappa shape index (κ1) is 16.2. The van der Waals surface area contributed by atoms with Crippen LogP contribution in [0.4, 0.5) is 0 Å². The van der Waals surface area contributed by atoms with E-state index in [2.05, 4.69) is 18.8 Å². The number of amides is 1. The van der Waals surface area contributed by atoms with E-state index in [1.54, 1.807) is 18.0 Å². The highest BCUT2D eigenvalue weighted by molar-refractivity contribution is 6.05. The molecule has 3 N–H and O–H groups in total. The van der Waals surface area contributed by atoms with Crippen molar-refractivity contribution in [1.82, 2.24) is 9.88 Å². The maximum Gasteiger partial charge on any atom is 0.254 e. The number of benzene rings is 1. The Hall–Kier alpha value is -2.14. The van der Waals surface area contributed by atoms with Gasteiger partial charge in [0.2, 0.25) is 5.56 Å². The highest BCUT2D eigenvalue weighted by Gasteiger charge is 2.17. The summed E-state index contributed by atoms with van der Waals surface area (Å²) in [5.74, 6) is 0.224. The van der Waals surface area contributed by atoms with Crippen molar-refractivity contribution in [3.05, 3.63) is 46.2 Å². The smallest absolute Gasteiger partial charge is 0.254 e. The molecule has 22 heavy (non-hydrogen) atoms. The quantitative estimate of drug-likeness (QED) is 0.886. The fourth-order valence-electron chi connectivity index (χ4n) is 2.36. The molecule has 0 saturated carbocycles. The van der Waals surface area contributed by atoms with Crippen molar-refractivity contribution < 1.29 is 4.79 Å². The molecule has 0 spiro atoms. The van der Waals surface area contributed by atoms with Gasteiger partial charge in [-0.1, -0.05) is 32.0 Å². The molecule has 5 nitrogen and oxygen atoms in total. The van der Waals surface area contributed by atoms with Crippen molar-refractivity contribution >= 4 is 16.8 Å². The van der Waals surface area contributed by atoms with Crippen LogP contribution in [0.25, 0.3) is 10.9 Å². The molecule has 0 saturated heterocycles. The predicted molar refractivity (Wildman–Crippen MR) is 89.0 cm³/mol. The van der Waals surface area contributed by atoms with Crippen LogP contribution in [-0.4, -0.2) is 35.4 Å². The van der Waals surface area contributed by atoms with Gasteiger partial charge < -0.3 is 15.6 Å². The van der Waals surface area contributed by atoms with Crippen LogP contribution in [-0.2, 0) is 0 Å². The van der Waals surface area contributed by atoms with Crippen LogP contribution in [0, 0.1) is 5.92 Å². The lowest BCUT2D eigenvalue weighted by atomic mass is 10.0. The summed E-state index contributed by atoms with van der Waals surface area (Å²) >= 11 is 0. The van der Waals surface area contributed by atoms with E-state index in [0.717, 1.165) is 11.8 Å². The van der Waals surface area contributed by atoms with Crippen molar-refractivity contribution in [2.75, 3.05) is 13.6 Å². The molecule has 1 heterocycles. The first-order chi connectivity index (χ1) is 10.4. The zero-order valence-corrected chi connectivity index (χ0v) is 13.3. The van der Waals surface area contributed by atoms with Crippen molar-refractivity contribution in [2.24, 2.45) is 11.7 Å². The Morgan fingerprint density at radius 1 is 1.32 bits per heavy atom. The van der Waals surface area contributed by atoms with Gasteiger partial charge in [-0.2, -0.15) is 0 Å². The molecular weight excluding hydrogens is 278 g/mol. The number of nitrogens with one attached hydrogen (secondary N) is 1. The van der Waals surface area contributed by atoms with E-state index in [0.29, 0.717) is 23.5 Å². The third-order valence-corrected chi connectivity index (χ3v) is 3.98. The molecule has 0 aliphatic heterocycles. The third-order valence-electron chi connectivity index (χ3n) is 3.98. The number of aromatic amines is 1. The molecule has 1 atom stereocenters. The Balaban J connectivity index is 2.24. The molecule has 118 valence electrons. The fraction of sp³-hybridized carbons (Fsp3) is 0.412. The van der Waals surface area contributed by atoms with Gasteiger partial charge >= 0.3 is 0 Å². The van der Waals surface area contributed by atoms with Crippen LogP contribution in [0.5, 0.6) is 0 Å². The standard InChI is InChI=1S/C17H23N3O2/c1-11(2)14(18)8-9-20(3)17(22)13-10-16(21)19-15-7-5-4-6-12(13)15/h4-7,10-11,14H,8-9,18H2,1-3H3,(H,19,21). The normalized spacial score (nSPS) is 12.6. The lowest BCUT2D eigenvalue weighted by Crippen LogP contribution is -2.35. The van der Waals surface area contributed by atoms with E-state index in [1.807, 2.05) is 18.2 Å². The first-order valence-corrected chi connectivity index (χ1v) is 7.53. The van der Waals surface area contributed by atoms with E-state index in [1.165, 1.54) is 6.07 Å². The molecule has 1 aromatic heterocycles. The average Bonchev–Trinajstić information content (AvgIpc) is 2.50. The minimum absolute atomic E-state index is 0.0613. The fourth-order valence-corrected chi connectivity index (χ4v) is 2.36. The number of nitrogens with two attached hydrogens (primary N) is 1. The Bertz CT molecular complexity index is 721. The lowest BCUT2D eigenvalue weighted by molar-refractivity contribution is 0.0791. The van der Waals surface area contributed by atoms with Crippen LogP contribution in [0.15, 0.2) is 35.1 Å². The molecule has 0 aliphatic carbocycles. The highest BCUT2D eigenvalue weighted by atomic mass is 16.2. The van der Waals surface area contributed by atoms with Crippen molar-refractivity contribution in [3.63, 3.8) is 0 Å². The molecule has 1 unspecified atom stereocenters. The van der Waals surface area contributed by atoms with E-state index < -0.39 is 0 Å². The van der Waals surface area contributed by atoms with Crippen molar-refractivity contribution in [2.45, 2.75) is 26.3 Å². The maximum atomic E-state index is 12.6. The van der Waals surface area contributed by atoms with Crippen molar-refractivity contribution in [3.8, 4) is 0 Å². The number of pyridine rings is 1. The summed E-state index contributed by atoms with van der Waals surface area (Å²) in [6, 6.07) is 8.74. The third kappa shape index (κ3) is 3.54. The van der Waals surface area contributed by atoms with Gasteiger partial charge in [0, 0.05) is 36.6 Å². The number of nitrogens with zero attached hydrogens (tertiary/aromatic N) is 1. The van der Waals surface area contributed by atoms with Gasteiger partial charge in [0.1, 0.15) is 0 Å². The number of hydrogen-bond acceptors (Lipinski definition) is 3. The van der Waals surface area contributed by atoms with Crippen LogP contribution >= 0.6 is 0 Å². The predicted octanol–water partition coefficient (Wildman–Crippen LogP) is 1.97. The summed E-state index contributed by atoms with van der Waals surface area (Å²) in [6.07, 6.45) is 0.737. The largest absolute Gasteiger partial charge is 0.342 e. The van der Waals surface area contributed by atoms with Gasteiger partial charge in [-0.25, -0.2) is 0 Å². The molecule has 1 amide bonds. The molecule has 2 rings (SSSR count). The zero-order chi connectivity index (χ0) is 16.3. The van der Waals surface area contributed by atoms with Gasteiger partial charge in [0.05, 0.1) is 5.56 Å². The second-order valence-electron chi connectivity index (χ2n) is 6.02. The van der Waals surface area contributed by atoms with Gasteiger partial charge in [-0.15, -0.1) is 0 Å². The topological polar surface area (TPSA) is 79.2 Å². The van der Waals surface area contributed by atoms with Crippen LogP contribution < -0.4 is 11.3 Å².